The molecule has 0 radical (unpaired) electrons. The van der Waals surface area contributed by atoms with Gasteiger partial charge in [0.25, 0.3) is 0 Å². The van der Waals surface area contributed by atoms with E-state index < -0.39 is 0 Å². The minimum atomic E-state index is 0. The second kappa shape index (κ2) is 11.7. The molecule has 0 aromatic carbocycles. The van der Waals surface area contributed by atoms with E-state index in [1.165, 1.54) is 19.5 Å². The second-order valence-electron chi connectivity index (χ2n) is 8.47. The summed E-state index contributed by atoms with van der Waals surface area (Å²) in [6, 6.07) is 0. The highest BCUT2D eigenvalue weighted by Gasteiger charge is 2.32. The van der Waals surface area contributed by atoms with E-state index in [-0.39, 0.29) is 29.5 Å². The molecule has 0 aliphatic carbocycles. The third-order valence-electron chi connectivity index (χ3n) is 5.46. The first-order chi connectivity index (χ1) is 11.9. The molecule has 2 N–H and O–H groups in total. The van der Waals surface area contributed by atoms with Crippen molar-refractivity contribution >= 4 is 29.9 Å². The molecular weight excluding hydrogens is 441 g/mol. The van der Waals surface area contributed by atoms with E-state index in [0.29, 0.717) is 0 Å². The highest BCUT2D eigenvalue weighted by atomic mass is 127. The lowest BCUT2D eigenvalue weighted by atomic mass is 9.88. The molecule has 2 fully saturated rings. The second-order valence-corrected chi connectivity index (χ2v) is 8.47. The molecule has 0 bridgehead atoms. The van der Waals surface area contributed by atoms with Crippen molar-refractivity contribution in [1.29, 1.82) is 0 Å². The molecule has 0 amide bonds. The van der Waals surface area contributed by atoms with Gasteiger partial charge in [-0.2, -0.15) is 0 Å². The van der Waals surface area contributed by atoms with Crippen molar-refractivity contribution in [1.82, 2.24) is 20.4 Å². The van der Waals surface area contributed by atoms with Gasteiger partial charge in [-0.1, -0.05) is 13.8 Å². The number of aliphatic imine (C=N–C) groups is 1. The minimum Gasteiger partial charge on any atom is -0.379 e. The topological polar surface area (TPSA) is 52.1 Å². The fourth-order valence-corrected chi connectivity index (χ4v) is 3.95. The standard InChI is InChI=1S/C19H39N5O.HI/c1-16-12-17(2)14-24(13-16)19(3,4)15-22-18(20-5)21-6-7-23-8-10-25-11-9-23;/h16-17H,6-15H2,1-5H3,(H2,20,21,22);1H. The maximum atomic E-state index is 5.39. The van der Waals surface area contributed by atoms with Crippen LogP contribution in [0.5, 0.6) is 0 Å². The fourth-order valence-electron chi connectivity index (χ4n) is 3.95. The van der Waals surface area contributed by atoms with Crippen LogP contribution in [0.3, 0.4) is 0 Å². The van der Waals surface area contributed by atoms with Crippen molar-refractivity contribution in [2.24, 2.45) is 16.8 Å². The normalized spacial score (nSPS) is 26.3. The Kier molecular flexibility index (Phi) is 10.7. The molecule has 2 aliphatic rings. The van der Waals surface area contributed by atoms with Gasteiger partial charge in [-0.15, -0.1) is 24.0 Å². The van der Waals surface area contributed by atoms with E-state index in [1.54, 1.807) is 0 Å². The highest BCUT2D eigenvalue weighted by Crippen LogP contribution is 2.26. The average Bonchev–Trinajstić information content (AvgIpc) is 2.58. The van der Waals surface area contributed by atoms with Crippen LogP contribution in [0.4, 0.5) is 0 Å². The Hall–Kier alpha value is -0.120. The molecule has 7 heteroatoms. The van der Waals surface area contributed by atoms with Gasteiger partial charge >= 0.3 is 0 Å². The number of ether oxygens (including phenoxy) is 1. The van der Waals surface area contributed by atoms with Gasteiger partial charge in [-0.3, -0.25) is 14.8 Å². The Morgan fingerprint density at radius 3 is 2.31 bits per heavy atom. The van der Waals surface area contributed by atoms with Crippen LogP contribution < -0.4 is 10.6 Å². The van der Waals surface area contributed by atoms with Gasteiger partial charge in [0.15, 0.2) is 5.96 Å². The largest absolute Gasteiger partial charge is 0.379 e. The maximum absolute atomic E-state index is 5.39. The first kappa shape index (κ1) is 23.9. The lowest BCUT2D eigenvalue weighted by Crippen LogP contribution is -2.57. The number of morpholine rings is 1. The zero-order chi connectivity index (χ0) is 18.3. The summed E-state index contributed by atoms with van der Waals surface area (Å²) in [5.41, 5.74) is 0.130. The fraction of sp³-hybridized carbons (Fsp3) is 0.947. The van der Waals surface area contributed by atoms with Crippen molar-refractivity contribution < 1.29 is 4.74 Å². The Morgan fingerprint density at radius 2 is 1.73 bits per heavy atom. The third kappa shape index (κ3) is 7.86. The summed E-state index contributed by atoms with van der Waals surface area (Å²) in [5, 5.41) is 6.98. The summed E-state index contributed by atoms with van der Waals surface area (Å²) in [6.45, 7) is 18.5. The van der Waals surface area contributed by atoms with Crippen LogP contribution >= 0.6 is 24.0 Å². The molecule has 6 nitrogen and oxygen atoms in total. The van der Waals surface area contributed by atoms with Gasteiger partial charge in [0, 0.05) is 58.4 Å². The Labute approximate surface area is 177 Å². The Balaban J connectivity index is 0.00000338. The van der Waals surface area contributed by atoms with Gasteiger partial charge in [0.05, 0.1) is 13.2 Å². The smallest absolute Gasteiger partial charge is 0.191 e. The van der Waals surface area contributed by atoms with Crippen LogP contribution in [0.2, 0.25) is 0 Å². The number of guanidine groups is 1. The number of likely N-dealkylation sites (tertiary alicyclic amines) is 1. The summed E-state index contributed by atoms with van der Waals surface area (Å²) in [7, 11) is 1.85. The molecule has 2 atom stereocenters. The van der Waals surface area contributed by atoms with Crippen LogP contribution in [0.1, 0.15) is 34.1 Å². The number of halogens is 1. The van der Waals surface area contributed by atoms with Crippen LogP contribution in [0.15, 0.2) is 4.99 Å². The van der Waals surface area contributed by atoms with E-state index in [9.17, 15) is 0 Å². The first-order valence-corrected chi connectivity index (χ1v) is 9.90. The number of nitrogens with one attached hydrogen (secondary N) is 2. The predicted molar refractivity (Wildman–Crippen MR) is 121 cm³/mol. The van der Waals surface area contributed by atoms with Crippen molar-refractivity contribution in [3.63, 3.8) is 0 Å². The molecule has 2 rings (SSSR count). The Morgan fingerprint density at radius 1 is 1.12 bits per heavy atom. The van der Waals surface area contributed by atoms with Gasteiger partial charge in [-0.25, -0.2) is 0 Å². The predicted octanol–water partition coefficient (Wildman–Crippen LogP) is 1.86. The van der Waals surface area contributed by atoms with E-state index in [2.05, 4.69) is 53.1 Å². The summed E-state index contributed by atoms with van der Waals surface area (Å²) >= 11 is 0. The van der Waals surface area contributed by atoms with Crippen molar-refractivity contribution in [2.75, 3.05) is 66.1 Å². The zero-order valence-electron chi connectivity index (χ0n) is 17.4. The molecule has 26 heavy (non-hydrogen) atoms. The average molecular weight is 481 g/mol. The highest BCUT2D eigenvalue weighted by molar-refractivity contribution is 14.0. The number of rotatable bonds is 6. The molecular formula is C19H40IN5O. The monoisotopic (exact) mass is 481 g/mol. The molecule has 2 aliphatic heterocycles. The molecule has 0 aromatic rings. The van der Waals surface area contributed by atoms with Crippen LogP contribution in [0.25, 0.3) is 0 Å². The number of hydrogen-bond donors (Lipinski definition) is 2. The van der Waals surface area contributed by atoms with Crippen LogP contribution in [-0.4, -0.2) is 87.4 Å². The summed E-state index contributed by atoms with van der Waals surface area (Å²) in [6.07, 6.45) is 1.35. The SMILES string of the molecule is CN=C(NCCN1CCOCC1)NCC(C)(C)N1CC(C)CC(C)C1.I. The molecule has 154 valence electrons. The summed E-state index contributed by atoms with van der Waals surface area (Å²) in [5.74, 6) is 2.47. The van der Waals surface area contributed by atoms with Crippen LogP contribution in [0, 0.1) is 11.8 Å². The summed E-state index contributed by atoms with van der Waals surface area (Å²) in [4.78, 5) is 9.45. The molecule has 0 spiro atoms. The lowest BCUT2D eigenvalue weighted by Gasteiger charge is -2.45. The third-order valence-corrected chi connectivity index (χ3v) is 5.46. The van der Waals surface area contributed by atoms with E-state index >= 15 is 0 Å². The van der Waals surface area contributed by atoms with Gasteiger partial charge < -0.3 is 15.4 Å². The lowest BCUT2D eigenvalue weighted by molar-refractivity contribution is 0.0388. The molecule has 2 saturated heterocycles. The van der Waals surface area contributed by atoms with E-state index in [4.69, 9.17) is 4.74 Å². The maximum Gasteiger partial charge on any atom is 0.191 e. The first-order valence-electron chi connectivity index (χ1n) is 9.90. The van der Waals surface area contributed by atoms with Gasteiger partial charge in [0.1, 0.15) is 0 Å². The molecule has 0 aromatic heterocycles. The number of hydrogen-bond acceptors (Lipinski definition) is 4. The Bertz CT molecular complexity index is 416. The minimum absolute atomic E-state index is 0. The number of nitrogens with zero attached hydrogens (tertiary/aromatic N) is 3. The van der Waals surface area contributed by atoms with Crippen LogP contribution in [-0.2, 0) is 4.74 Å². The van der Waals surface area contributed by atoms with E-state index in [0.717, 1.165) is 63.7 Å². The van der Waals surface area contributed by atoms with Crippen molar-refractivity contribution in [3.05, 3.63) is 0 Å². The quantitative estimate of drug-likeness (QED) is 0.345. The van der Waals surface area contributed by atoms with Crippen molar-refractivity contribution in [3.8, 4) is 0 Å². The zero-order valence-corrected chi connectivity index (χ0v) is 19.7. The summed E-state index contributed by atoms with van der Waals surface area (Å²) < 4.78 is 5.39. The van der Waals surface area contributed by atoms with Gasteiger partial charge in [-0.05, 0) is 32.1 Å². The molecule has 2 unspecified atom stereocenters. The molecule has 0 saturated carbocycles. The van der Waals surface area contributed by atoms with Gasteiger partial charge in [0.2, 0.25) is 0 Å². The van der Waals surface area contributed by atoms with E-state index in [1.807, 2.05) is 7.05 Å². The number of piperidine rings is 1. The van der Waals surface area contributed by atoms with Crippen molar-refractivity contribution in [2.45, 2.75) is 39.7 Å². The molecule has 2 heterocycles.